The fourth-order valence-corrected chi connectivity index (χ4v) is 2.04. The molecule has 0 radical (unpaired) electrons. The number of nitrogens with zero attached hydrogens (tertiary/aromatic N) is 3. The number of hydrogen-bond donors (Lipinski definition) is 0. The summed E-state index contributed by atoms with van der Waals surface area (Å²) >= 11 is 0. The van der Waals surface area contributed by atoms with Gasteiger partial charge in [-0.3, -0.25) is 10.1 Å². The second kappa shape index (κ2) is 4.88. The zero-order chi connectivity index (χ0) is 13.1. The molecule has 0 spiro atoms. The van der Waals surface area contributed by atoms with Gasteiger partial charge in [0, 0.05) is 30.3 Å². The maximum atomic E-state index is 10.8. The van der Waals surface area contributed by atoms with Crippen molar-refractivity contribution in [2.24, 2.45) is 0 Å². The van der Waals surface area contributed by atoms with Crippen molar-refractivity contribution >= 4 is 16.6 Å². The molecular formula is C13H13N3O2. The molecule has 0 aliphatic carbocycles. The van der Waals surface area contributed by atoms with E-state index in [4.69, 9.17) is 5.26 Å². The number of nitro benzene ring substituents is 1. The van der Waals surface area contributed by atoms with E-state index in [2.05, 4.69) is 6.92 Å². The molecule has 0 fully saturated rings. The standard InChI is InChI=1S/C13H13N3O2/c1-2-3-5-15-6-4-10-7-12(16(17)18)8-11(9-14)13(10)15/h4,6-8H,2-3,5H2,1H3. The molecule has 2 aromatic rings. The Labute approximate surface area is 104 Å². The number of hydrogen-bond acceptors (Lipinski definition) is 3. The van der Waals surface area contributed by atoms with Crippen LogP contribution in [-0.2, 0) is 6.54 Å². The first-order valence-corrected chi connectivity index (χ1v) is 5.84. The van der Waals surface area contributed by atoms with Crippen LogP contribution in [-0.4, -0.2) is 9.49 Å². The fraction of sp³-hybridized carbons (Fsp3) is 0.308. The van der Waals surface area contributed by atoms with E-state index in [0.717, 1.165) is 30.3 Å². The van der Waals surface area contributed by atoms with Crippen LogP contribution in [0.5, 0.6) is 0 Å². The lowest BCUT2D eigenvalue weighted by molar-refractivity contribution is -0.384. The lowest BCUT2D eigenvalue weighted by atomic mass is 10.1. The second-order valence-corrected chi connectivity index (χ2v) is 4.16. The minimum Gasteiger partial charge on any atom is -0.346 e. The summed E-state index contributed by atoms with van der Waals surface area (Å²) in [6, 6.07) is 6.71. The molecule has 1 heterocycles. The van der Waals surface area contributed by atoms with Crippen LogP contribution in [0.3, 0.4) is 0 Å². The van der Waals surface area contributed by atoms with Crippen LogP contribution in [0.15, 0.2) is 24.4 Å². The molecule has 18 heavy (non-hydrogen) atoms. The van der Waals surface area contributed by atoms with Gasteiger partial charge in [0.15, 0.2) is 0 Å². The Hall–Kier alpha value is -2.35. The van der Waals surface area contributed by atoms with E-state index >= 15 is 0 Å². The van der Waals surface area contributed by atoms with Gasteiger partial charge >= 0.3 is 0 Å². The monoisotopic (exact) mass is 243 g/mol. The van der Waals surface area contributed by atoms with Gasteiger partial charge in [-0.2, -0.15) is 5.26 Å². The SMILES string of the molecule is CCCCn1ccc2cc([N+](=O)[O-])cc(C#N)c21. The van der Waals surface area contributed by atoms with Gasteiger partial charge in [-0.1, -0.05) is 13.3 Å². The predicted molar refractivity (Wildman–Crippen MR) is 68.2 cm³/mol. The summed E-state index contributed by atoms with van der Waals surface area (Å²) in [5, 5.41) is 20.7. The Morgan fingerprint density at radius 3 is 2.89 bits per heavy atom. The van der Waals surface area contributed by atoms with Crippen LogP contribution in [0, 0.1) is 21.4 Å². The summed E-state index contributed by atoms with van der Waals surface area (Å²) in [7, 11) is 0. The quantitative estimate of drug-likeness (QED) is 0.611. The molecule has 2 rings (SSSR count). The van der Waals surface area contributed by atoms with E-state index < -0.39 is 4.92 Å². The van der Waals surface area contributed by atoms with E-state index in [1.807, 2.05) is 22.9 Å². The summed E-state index contributed by atoms with van der Waals surface area (Å²) < 4.78 is 1.99. The molecular weight excluding hydrogens is 230 g/mol. The Kier molecular flexibility index (Phi) is 3.28. The van der Waals surface area contributed by atoms with E-state index in [1.54, 1.807) is 0 Å². The Balaban J connectivity index is 2.60. The molecule has 5 heteroatoms. The first-order chi connectivity index (χ1) is 8.67. The zero-order valence-corrected chi connectivity index (χ0v) is 10.1. The van der Waals surface area contributed by atoms with E-state index in [9.17, 15) is 10.1 Å². The maximum absolute atomic E-state index is 10.8. The molecule has 0 N–H and O–H groups in total. The number of unbranched alkanes of at least 4 members (excludes halogenated alkanes) is 1. The average Bonchev–Trinajstić information content (AvgIpc) is 2.78. The van der Waals surface area contributed by atoms with Crippen molar-refractivity contribution in [1.82, 2.24) is 4.57 Å². The van der Waals surface area contributed by atoms with Crippen molar-refractivity contribution in [3.05, 3.63) is 40.1 Å². The van der Waals surface area contributed by atoms with Crippen molar-refractivity contribution in [2.75, 3.05) is 0 Å². The van der Waals surface area contributed by atoms with Crippen LogP contribution in [0.25, 0.3) is 10.9 Å². The molecule has 92 valence electrons. The number of nitro groups is 1. The summed E-state index contributed by atoms with van der Waals surface area (Å²) in [6.07, 6.45) is 3.96. The van der Waals surface area contributed by atoms with Crippen molar-refractivity contribution in [2.45, 2.75) is 26.3 Å². The number of aryl methyl sites for hydroxylation is 1. The van der Waals surface area contributed by atoms with E-state index in [1.165, 1.54) is 12.1 Å². The highest BCUT2D eigenvalue weighted by molar-refractivity contribution is 5.88. The van der Waals surface area contributed by atoms with Crippen LogP contribution in [0.1, 0.15) is 25.3 Å². The minimum absolute atomic E-state index is 0.0349. The summed E-state index contributed by atoms with van der Waals surface area (Å²) in [6.45, 7) is 2.92. The van der Waals surface area contributed by atoms with E-state index in [-0.39, 0.29) is 5.69 Å². The third-order valence-electron chi connectivity index (χ3n) is 2.93. The number of fused-ring (bicyclic) bond motifs is 1. The predicted octanol–water partition coefficient (Wildman–Crippen LogP) is 3.22. The van der Waals surface area contributed by atoms with Crippen molar-refractivity contribution < 1.29 is 4.92 Å². The number of rotatable bonds is 4. The lowest BCUT2D eigenvalue weighted by Crippen LogP contribution is -1.98. The van der Waals surface area contributed by atoms with Gasteiger partial charge in [0.25, 0.3) is 5.69 Å². The smallest absolute Gasteiger partial charge is 0.271 e. The van der Waals surface area contributed by atoms with Crippen LogP contribution in [0.2, 0.25) is 0 Å². The Morgan fingerprint density at radius 1 is 1.50 bits per heavy atom. The van der Waals surface area contributed by atoms with Crippen LogP contribution >= 0.6 is 0 Å². The number of nitriles is 1. The third-order valence-corrected chi connectivity index (χ3v) is 2.93. The minimum atomic E-state index is -0.469. The number of aromatic nitrogens is 1. The van der Waals surface area contributed by atoms with Gasteiger partial charge in [-0.05, 0) is 12.5 Å². The van der Waals surface area contributed by atoms with Crippen molar-refractivity contribution in [3.8, 4) is 6.07 Å². The molecule has 0 amide bonds. The van der Waals surface area contributed by atoms with Gasteiger partial charge < -0.3 is 4.57 Å². The molecule has 1 aromatic carbocycles. The third kappa shape index (κ3) is 2.05. The molecule has 0 bridgehead atoms. The molecule has 0 aliphatic heterocycles. The van der Waals surface area contributed by atoms with Gasteiger partial charge in [0.2, 0.25) is 0 Å². The molecule has 0 unspecified atom stereocenters. The molecule has 0 saturated carbocycles. The van der Waals surface area contributed by atoms with Crippen LogP contribution < -0.4 is 0 Å². The summed E-state index contributed by atoms with van der Waals surface area (Å²) in [5.41, 5.74) is 1.11. The summed E-state index contributed by atoms with van der Waals surface area (Å²) in [4.78, 5) is 10.3. The first-order valence-electron chi connectivity index (χ1n) is 5.84. The highest BCUT2D eigenvalue weighted by atomic mass is 16.6. The second-order valence-electron chi connectivity index (χ2n) is 4.16. The molecule has 5 nitrogen and oxygen atoms in total. The number of benzene rings is 1. The Morgan fingerprint density at radius 2 is 2.28 bits per heavy atom. The Bertz CT molecular complexity index is 637. The largest absolute Gasteiger partial charge is 0.346 e. The number of non-ortho nitro benzene ring substituents is 1. The first kappa shape index (κ1) is 12.1. The topological polar surface area (TPSA) is 71.9 Å². The molecule has 0 aliphatic rings. The lowest BCUT2D eigenvalue weighted by Gasteiger charge is -2.05. The van der Waals surface area contributed by atoms with Crippen molar-refractivity contribution in [3.63, 3.8) is 0 Å². The van der Waals surface area contributed by atoms with Gasteiger partial charge in [0.1, 0.15) is 6.07 Å². The fourth-order valence-electron chi connectivity index (χ4n) is 2.04. The van der Waals surface area contributed by atoms with Crippen molar-refractivity contribution in [1.29, 1.82) is 5.26 Å². The van der Waals surface area contributed by atoms with Gasteiger partial charge in [-0.15, -0.1) is 0 Å². The highest BCUT2D eigenvalue weighted by Gasteiger charge is 2.14. The molecule has 0 saturated heterocycles. The van der Waals surface area contributed by atoms with Gasteiger partial charge in [-0.25, -0.2) is 0 Å². The highest BCUT2D eigenvalue weighted by Crippen LogP contribution is 2.26. The van der Waals surface area contributed by atoms with E-state index in [0.29, 0.717) is 5.56 Å². The maximum Gasteiger partial charge on any atom is 0.271 e. The molecule has 1 aromatic heterocycles. The van der Waals surface area contributed by atoms with Crippen LogP contribution in [0.4, 0.5) is 5.69 Å². The average molecular weight is 243 g/mol. The van der Waals surface area contributed by atoms with Gasteiger partial charge in [0.05, 0.1) is 16.0 Å². The zero-order valence-electron chi connectivity index (χ0n) is 10.1. The normalized spacial score (nSPS) is 10.4. The molecule has 0 atom stereocenters. The summed E-state index contributed by atoms with van der Waals surface area (Å²) in [5.74, 6) is 0.